The zero-order chi connectivity index (χ0) is 14.7. The predicted octanol–water partition coefficient (Wildman–Crippen LogP) is 2.48. The molecule has 1 aliphatic heterocycles. The molecular weight excluding hydrogens is 276 g/mol. The molecule has 0 aliphatic carbocycles. The SMILES string of the molecule is Cc1nnc2n1-c1cnc(Cl)nc1N(C(C)C)C2(C)C. The molecule has 0 aromatic carbocycles. The maximum atomic E-state index is 5.99. The molecule has 0 unspecified atom stereocenters. The standard InChI is InChI=1S/C13H17ClN6/c1-7(2)20-10-9(6-15-12(14)16-10)19-8(3)17-18-11(19)13(20,4)5/h6-7H,1-5H3. The number of aryl methyl sites for hydroxylation is 1. The highest BCUT2D eigenvalue weighted by Gasteiger charge is 2.42. The van der Waals surface area contributed by atoms with Crippen LogP contribution in [0.3, 0.4) is 0 Å². The van der Waals surface area contributed by atoms with Gasteiger partial charge in [0, 0.05) is 6.04 Å². The normalized spacial score (nSPS) is 16.2. The number of hydrogen-bond donors (Lipinski definition) is 0. The van der Waals surface area contributed by atoms with Gasteiger partial charge in [-0.25, -0.2) is 4.98 Å². The first kappa shape index (κ1) is 13.3. The number of fused-ring (bicyclic) bond motifs is 3. The number of nitrogens with zero attached hydrogens (tertiary/aromatic N) is 6. The molecule has 6 nitrogen and oxygen atoms in total. The number of hydrogen-bond acceptors (Lipinski definition) is 5. The molecule has 0 atom stereocenters. The van der Waals surface area contributed by atoms with E-state index < -0.39 is 0 Å². The average Bonchev–Trinajstić information content (AvgIpc) is 2.71. The Kier molecular flexibility index (Phi) is 2.76. The molecule has 1 aliphatic rings. The highest BCUT2D eigenvalue weighted by atomic mass is 35.5. The molecule has 0 spiro atoms. The Bertz CT molecular complexity index is 675. The van der Waals surface area contributed by atoms with Gasteiger partial charge in [0.2, 0.25) is 5.28 Å². The highest BCUT2D eigenvalue weighted by Crippen LogP contribution is 2.41. The summed E-state index contributed by atoms with van der Waals surface area (Å²) in [5.74, 6) is 2.53. The fraction of sp³-hybridized carbons (Fsp3) is 0.538. The van der Waals surface area contributed by atoms with Crippen LogP contribution in [0, 0.1) is 6.92 Å². The molecule has 0 saturated carbocycles. The molecule has 0 radical (unpaired) electrons. The van der Waals surface area contributed by atoms with Crippen molar-refractivity contribution in [1.82, 2.24) is 24.7 Å². The minimum absolute atomic E-state index is 0.249. The molecule has 7 heteroatoms. The molecule has 0 N–H and O–H groups in total. The van der Waals surface area contributed by atoms with Crippen molar-refractivity contribution in [3.63, 3.8) is 0 Å². The second-order valence-electron chi connectivity index (χ2n) is 5.78. The van der Waals surface area contributed by atoms with E-state index in [1.54, 1.807) is 6.20 Å². The van der Waals surface area contributed by atoms with Crippen LogP contribution < -0.4 is 4.90 Å². The van der Waals surface area contributed by atoms with Crippen molar-refractivity contribution in [1.29, 1.82) is 0 Å². The second-order valence-corrected chi connectivity index (χ2v) is 6.11. The van der Waals surface area contributed by atoms with Gasteiger partial charge in [0.1, 0.15) is 11.5 Å². The topological polar surface area (TPSA) is 59.7 Å². The summed E-state index contributed by atoms with van der Waals surface area (Å²) in [5.41, 5.74) is 0.556. The van der Waals surface area contributed by atoms with Crippen molar-refractivity contribution in [2.75, 3.05) is 4.90 Å². The van der Waals surface area contributed by atoms with Crippen molar-refractivity contribution in [2.45, 2.75) is 46.2 Å². The highest BCUT2D eigenvalue weighted by molar-refractivity contribution is 6.28. The van der Waals surface area contributed by atoms with Gasteiger partial charge in [-0.1, -0.05) is 0 Å². The van der Waals surface area contributed by atoms with Crippen molar-refractivity contribution in [3.05, 3.63) is 23.1 Å². The molecule has 3 heterocycles. The van der Waals surface area contributed by atoms with Crippen molar-refractivity contribution < 1.29 is 0 Å². The molecule has 2 aromatic heterocycles. The van der Waals surface area contributed by atoms with E-state index in [0.29, 0.717) is 0 Å². The van der Waals surface area contributed by atoms with Crippen LogP contribution >= 0.6 is 11.6 Å². The van der Waals surface area contributed by atoms with Gasteiger partial charge in [-0.3, -0.25) is 4.57 Å². The summed E-state index contributed by atoms with van der Waals surface area (Å²) in [6.07, 6.45) is 1.73. The largest absolute Gasteiger partial charge is 0.340 e. The van der Waals surface area contributed by atoms with Crippen molar-refractivity contribution in [2.24, 2.45) is 0 Å². The fourth-order valence-corrected chi connectivity index (χ4v) is 3.12. The summed E-state index contributed by atoms with van der Waals surface area (Å²) >= 11 is 5.99. The summed E-state index contributed by atoms with van der Waals surface area (Å²) in [6, 6.07) is 0.250. The minimum Gasteiger partial charge on any atom is -0.340 e. The summed E-state index contributed by atoms with van der Waals surface area (Å²) in [7, 11) is 0. The maximum Gasteiger partial charge on any atom is 0.224 e. The van der Waals surface area contributed by atoms with Crippen LogP contribution in [0.1, 0.15) is 39.3 Å². The van der Waals surface area contributed by atoms with Crippen molar-refractivity contribution in [3.8, 4) is 5.69 Å². The Hall–Kier alpha value is -1.69. The molecule has 0 fully saturated rings. The first-order chi connectivity index (χ1) is 9.34. The van der Waals surface area contributed by atoms with Crippen LogP contribution in [-0.4, -0.2) is 30.8 Å². The zero-order valence-electron chi connectivity index (χ0n) is 12.2. The number of aromatic nitrogens is 5. The van der Waals surface area contributed by atoms with E-state index in [0.717, 1.165) is 23.2 Å². The van der Waals surface area contributed by atoms with Crippen LogP contribution in [0.5, 0.6) is 0 Å². The zero-order valence-corrected chi connectivity index (χ0v) is 13.0. The molecule has 2 aromatic rings. The molecule has 0 saturated heterocycles. The Morgan fingerprint density at radius 2 is 1.95 bits per heavy atom. The van der Waals surface area contributed by atoms with Gasteiger partial charge in [0.05, 0.1) is 11.7 Å². The van der Waals surface area contributed by atoms with Crippen LogP contribution in [0.25, 0.3) is 5.69 Å². The van der Waals surface area contributed by atoms with Gasteiger partial charge in [0.15, 0.2) is 11.6 Å². The Morgan fingerprint density at radius 1 is 1.25 bits per heavy atom. The van der Waals surface area contributed by atoms with E-state index in [1.807, 2.05) is 11.5 Å². The third-order valence-electron chi connectivity index (χ3n) is 3.68. The lowest BCUT2D eigenvalue weighted by atomic mass is 9.96. The van der Waals surface area contributed by atoms with E-state index in [4.69, 9.17) is 11.6 Å². The summed E-state index contributed by atoms with van der Waals surface area (Å²) in [6.45, 7) is 10.4. The van der Waals surface area contributed by atoms with E-state index in [1.165, 1.54) is 0 Å². The summed E-state index contributed by atoms with van der Waals surface area (Å²) < 4.78 is 2.00. The third-order valence-corrected chi connectivity index (χ3v) is 3.86. The third kappa shape index (κ3) is 1.64. The van der Waals surface area contributed by atoms with Gasteiger partial charge in [0.25, 0.3) is 0 Å². The summed E-state index contributed by atoms with van der Waals surface area (Å²) in [4.78, 5) is 10.7. The first-order valence-electron chi connectivity index (χ1n) is 6.58. The Balaban J connectivity index is 2.37. The van der Waals surface area contributed by atoms with Crippen LogP contribution in [0.4, 0.5) is 5.82 Å². The quantitative estimate of drug-likeness (QED) is 0.756. The second kappa shape index (κ2) is 4.15. The van der Waals surface area contributed by atoms with E-state index in [-0.39, 0.29) is 16.9 Å². The smallest absolute Gasteiger partial charge is 0.224 e. The molecule has 20 heavy (non-hydrogen) atoms. The van der Waals surface area contributed by atoms with Crippen LogP contribution in [0.2, 0.25) is 5.28 Å². The molecular formula is C13H17ClN6. The van der Waals surface area contributed by atoms with Crippen LogP contribution in [0.15, 0.2) is 6.20 Å². The Morgan fingerprint density at radius 3 is 2.60 bits per heavy atom. The van der Waals surface area contributed by atoms with Gasteiger partial charge in [-0.15, -0.1) is 10.2 Å². The van der Waals surface area contributed by atoms with Gasteiger partial charge in [-0.05, 0) is 46.2 Å². The number of rotatable bonds is 1. The van der Waals surface area contributed by atoms with Crippen molar-refractivity contribution >= 4 is 17.4 Å². The average molecular weight is 293 g/mol. The predicted molar refractivity (Wildman–Crippen MR) is 77.3 cm³/mol. The maximum absolute atomic E-state index is 5.99. The molecule has 106 valence electrons. The van der Waals surface area contributed by atoms with E-state index in [2.05, 4.69) is 52.8 Å². The molecule has 3 rings (SSSR count). The van der Waals surface area contributed by atoms with Gasteiger partial charge < -0.3 is 4.90 Å². The lowest BCUT2D eigenvalue weighted by molar-refractivity contribution is 0.397. The lowest BCUT2D eigenvalue weighted by Gasteiger charge is -2.45. The lowest BCUT2D eigenvalue weighted by Crippen LogP contribution is -2.51. The van der Waals surface area contributed by atoms with E-state index in [9.17, 15) is 0 Å². The molecule has 0 amide bonds. The minimum atomic E-state index is -0.319. The fourth-order valence-electron chi connectivity index (χ4n) is 2.99. The van der Waals surface area contributed by atoms with Gasteiger partial charge >= 0.3 is 0 Å². The Labute approximate surface area is 122 Å². The number of anilines is 1. The number of halogens is 1. The summed E-state index contributed by atoms with van der Waals surface area (Å²) in [5, 5.41) is 8.80. The van der Waals surface area contributed by atoms with E-state index >= 15 is 0 Å². The van der Waals surface area contributed by atoms with Crippen LogP contribution in [-0.2, 0) is 5.54 Å². The monoisotopic (exact) mass is 292 g/mol. The first-order valence-corrected chi connectivity index (χ1v) is 6.96. The van der Waals surface area contributed by atoms with Gasteiger partial charge in [-0.2, -0.15) is 4.98 Å². The molecule has 0 bridgehead atoms.